The molecule has 0 radical (unpaired) electrons. The van der Waals surface area contributed by atoms with Gasteiger partial charge < -0.3 is 11.2 Å². The van der Waals surface area contributed by atoms with Gasteiger partial charge in [-0.15, -0.1) is 10.2 Å². The van der Waals surface area contributed by atoms with Crippen LogP contribution in [0.3, 0.4) is 0 Å². The van der Waals surface area contributed by atoms with Crippen LogP contribution in [0, 0.1) is 0 Å². The number of hydrogen-bond donors (Lipinski definition) is 2. The smallest absolute Gasteiger partial charge is 0.336 e. The van der Waals surface area contributed by atoms with Gasteiger partial charge in [0, 0.05) is 5.69 Å². The lowest BCUT2D eigenvalue weighted by Gasteiger charge is -2.09. The maximum atomic E-state index is 12.5. The molecule has 0 atom stereocenters. The monoisotopic (exact) mass is 317 g/mol. The number of hydrogen-bond acceptors (Lipinski definition) is 5. The number of nitrogens with two attached hydrogens (primary N) is 1. The van der Waals surface area contributed by atoms with Crippen LogP contribution in [-0.4, -0.2) is 26.5 Å². The summed E-state index contributed by atoms with van der Waals surface area (Å²) in [6, 6.07) is 4.40. The molecule has 0 spiro atoms. The standard InChI is InChI=1S/C11H10F3N5OS/c12-11(13,14)7-2-1-3-8(4-7)17-9(20)5-21-10-18-16-6-19(10)15/h1-4,6H,5,15H2,(H,17,20). The predicted octanol–water partition coefficient (Wildman–Crippen LogP) is 1.74. The molecule has 0 aliphatic heterocycles. The summed E-state index contributed by atoms with van der Waals surface area (Å²) in [5, 5.41) is 9.90. The average molecular weight is 317 g/mol. The van der Waals surface area contributed by atoms with Gasteiger partial charge >= 0.3 is 6.18 Å². The molecule has 0 aliphatic carbocycles. The first-order valence-electron chi connectivity index (χ1n) is 5.61. The van der Waals surface area contributed by atoms with Crippen molar-refractivity contribution in [3.05, 3.63) is 36.2 Å². The van der Waals surface area contributed by atoms with E-state index in [2.05, 4.69) is 15.5 Å². The van der Waals surface area contributed by atoms with Gasteiger partial charge in [-0.05, 0) is 18.2 Å². The molecule has 0 saturated carbocycles. The van der Waals surface area contributed by atoms with Crippen molar-refractivity contribution < 1.29 is 18.0 Å². The van der Waals surface area contributed by atoms with Gasteiger partial charge in [-0.25, -0.2) is 4.68 Å². The summed E-state index contributed by atoms with van der Waals surface area (Å²) < 4.78 is 38.7. The van der Waals surface area contributed by atoms with Crippen molar-refractivity contribution >= 4 is 23.4 Å². The summed E-state index contributed by atoms with van der Waals surface area (Å²) in [4.78, 5) is 11.7. The molecule has 6 nitrogen and oxygen atoms in total. The van der Waals surface area contributed by atoms with Gasteiger partial charge in [0.2, 0.25) is 11.1 Å². The fourth-order valence-corrected chi connectivity index (χ4v) is 2.07. The highest BCUT2D eigenvalue weighted by Gasteiger charge is 2.30. The third-order valence-corrected chi connectivity index (χ3v) is 3.30. The van der Waals surface area contributed by atoms with Gasteiger partial charge in [0.25, 0.3) is 0 Å². The molecule has 1 aromatic heterocycles. The second-order valence-electron chi connectivity index (χ2n) is 3.94. The molecule has 0 unspecified atom stereocenters. The molecule has 1 heterocycles. The van der Waals surface area contributed by atoms with Crippen molar-refractivity contribution in [2.45, 2.75) is 11.3 Å². The lowest BCUT2D eigenvalue weighted by Crippen LogP contribution is -2.16. The van der Waals surface area contributed by atoms with Crippen molar-refractivity contribution in [1.82, 2.24) is 14.9 Å². The van der Waals surface area contributed by atoms with E-state index in [1.165, 1.54) is 18.5 Å². The molecule has 0 saturated heterocycles. The Morgan fingerprint density at radius 1 is 1.43 bits per heavy atom. The number of aromatic nitrogens is 3. The van der Waals surface area contributed by atoms with Crippen LogP contribution in [0.1, 0.15) is 5.56 Å². The van der Waals surface area contributed by atoms with Crippen molar-refractivity contribution in [3.8, 4) is 0 Å². The third kappa shape index (κ3) is 4.12. The molecule has 10 heteroatoms. The number of nitrogens with zero attached hydrogens (tertiary/aromatic N) is 3. The number of alkyl halides is 3. The van der Waals surface area contributed by atoms with Gasteiger partial charge in [-0.3, -0.25) is 4.79 Å². The molecule has 0 fully saturated rings. The molecular weight excluding hydrogens is 307 g/mol. The highest BCUT2D eigenvalue weighted by molar-refractivity contribution is 7.99. The van der Waals surface area contributed by atoms with E-state index in [1.807, 2.05) is 0 Å². The highest BCUT2D eigenvalue weighted by atomic mass is 32.2. The van der Waals surface area contributed by atoms with Gasteiger partial charge in [-0.2, -0.15) is 13.2 Å². The lowest BCUT2D eigenvalue weighted by molar-refractivity contribution is -0.137. The van der Waals surface area contributed by atoms with Crippen molar-refractivity contribution in [2.75, 3.05) is 16.9 Å². The van der Waals surface area contributed by atoms with Crippen LogP contribution >= 0.6 is 11.8 Å². The Morgan fingerprint density at radius 2 is 2.19 bits per heavy atom. The van der Waals surface area contributed by atoms with E-state index in [1.54, 1.807) is 0 Å². The molecule has 21 heavy (non-hydrogen) atoms. The van der Waals surface area contributed by atoms with Gasteiger partial charge in [0.15, 0.2) is 0 Å². The van der Waals surface area contributed by atoms with Crippen LogP contribution in [0.15, 0.2) is 35.7 Å². The average Bonchev–Trinajstić information content (AvgIpc) is 2.81. The number of nitrogen functional groups attached to an aromatic ring is 1. The molecule has 1 amide bonds. The van der Waals surface area contributed by atoms with Crippen LogP contribution in [0.4, 0.5) is 18.9 Å². The number of amides is 1. The zero-order valence-electron chi connectivity index (χ0n) is 10.5. The molecule has 2 aromatic rings. The predicted molar refractivity (Wildman–Crippen MR) is 71.0 cm³/mol. The fraction of sp³-hybridized carbons (Fsp3) is 0.182. The Balaban J connectivity index is 1.95. The van der Waals surface area contributed by atoms with Gasteiger partial charge in [0.1, 0.15) is 6.33 Å². The van der Waals surface area contributed by atoms with Crippen molar-refractivity contribution in [2.24, 2.45) is 0 Å². The summed E-state index contributed by atoms with van der Waals surface area (Å²) >= 11 is 1.02. The number of halogens is 3. The Morgan fingerprint density at radius 3 is 2.81 bits per heavy atom. The van der Waals surface area contributed by atoms with Crippen LogP contribution < -0.4 is 11.2 Å². The minimum Gasteiger partial charge on any atom is -0.336 e. The van der Waals surface area contributed by atoms with Gasteiger partial charge in [-0.1, -0.05) is 17.8 Å². The summed E-state index contributed by atoms with van der Waals surface area (Å²) in [6.07, 6.45) is -3.18. The van der Waals surface area contributed by atoms with E-state index in [0.29, 0.717) is 5.16 Å². The van der Waals surface area contributed by atoms with E-state index >= 15 is 0 Å². The maximum absolute atomic E-state index is 12.5. The summed E-state index contributed by atoms with van der Waals surface area (Å²) in [7, 11) is 0. The number of carbonyl (C=O) groups excluding carboxylic acids is 1. The lowest BCUT2D eigenvalue weighted by atomic mass is 10.2. The second kappa shape index (κ2) is 6.04. The largest absolute Gasteiger partial charge is 0.416 e. The summed E-state index contributed by atoms with van der Waals surface area (Å²) in [5.74, 6) is 4.94. The molecule has 2 rings (SSSR count). The number of rotatable bonds is 4. The van der Waals surface area contributed by atoms with Gasteiger partial charge in [0.05, 0.1) is 11.3 Å². The Bertz CT molecular complexity index is 643. The highest BCUT2D eigenvalue weighted by Crippen LogP contribution is 2.30. The zero-order valence-corrected chi connectivity index (χ0v) is 11.3. The van der Waals surface area contributed by atoms with E-state index in [0.717, 1.165) is 28.6 Å². The molecule has 0 aliphatic rings. The second-order valence-corrected chi connectivity index (χ2v) is 4.88. The first-order valence-corrected chi connectivity index (χ1v) is 6.60. The quantitative estimate of drug-likeness (QED) is 0.663. The Hall–Kier alpha value is -2.23. The van der Waals surface area contributed by atoms with E-state index < -0.39 is 17.6 Å². The molecule has 1 aromatic carbocycles. The van der Waals surface area contributed by atoms with E-state index in [4.69, 9.17) is 5.84 Å². The topological polar surface area (TPSA) is 85.8 Å². The Kier molecular flexibility index (Phi) is 4.36. The summed E-state index contributed by atoms with van der Waals surface area (Å²) in [5.41, 5.74) is -0.751. The van der Waals surface area contributed by atoms with Crippen molar-refractivity contribution in [1.29, 1.82) is 0 Å². The first-order chi connectivity index (χ1) is 9.86. The zero-order chi connectivity index (χ0) is 15.5. The van der Waals surface area contributed by atoms with E-state index in [9.17, 15) is 18.0 Å². The molecule has 0 bridgehead atoms. The minimum atomic E-state index is -4.45. The number of benzene rings is 1. The molecular formula is C11H10F3N5OS. The van der Waals surface area contributed by atoms with Crippen LogP contribution in [0.2, 0.25) is 0 Å². The molecule has 112 valence electrons. The Labute approximate surface area is 121 Å². The first kappa shape index (κ1) is 15.2. The minimum absolute atomic E-state index is 0.0495. The molecule has 3 N–H and O–H groups in total. The number of carbonyl (C=O) groups is 1. The van der Waals surface area contributed by atoms with E-state index in [-0.39, 0.29) is 11.4 Å². The third-order valence-electron chi connectivity index (χ3n) is 2.35. The normalized spacial score (nSPS) is 11.4. The number of nitrogens with one attached hydrogen (secondary N) is 1. The number of thioether (sulfide) groups is 1. The van der Waals surface area contributed by atoms with Crippen molar-refractivity contribution in [3.63, 3.8) is 0 Å². The van der Waals surface area contributed by atoms with Crippen LogP contribution in [0.25, 0.3) is 0 Å². The van der Waals surface area contributed by atoms with Crippen LogP contribution in [0.5, 0.6) is 0 Å². The fourth-order valence-electron chi connectivity index (χ4n) is 1.44. The summed E-state index contributed by atoms with van der Waals surface area (Å²) in [6.45, 7) is 0. The number of anilines is 1. The van der Waals surface area contributed by atoms with Crippen LogP contribution in [-0.2, 0) is 11.0 Å². The SMILES string of the molecule is Nn1cnnc1SCC(=O)Nc1cccc(C(F)(F)F)c1. The maximum Gasteiger partial charge on any atom is 0.416 e.